The fourth-order valence-electron chi connectivity index (χ4n) is 1.21. The van der Waals surface area contributed by atoms with Crippen molar-refractivity contribution in [2.45, 2.75) is 5.51 Å². The third kappa shape index (κ3) is 2.71. The minimum absolute atomic E-state index is 0.0326. The molecule has 2 aromatic heterocycles. The van der Waals surface area contributed by atoms with Crippen molar-refractivity contribution >= 4 is 32.8 Å². The predicted molar refractivity (Wildman–Crippen MR) is 60.2 cm³/mol. The fourth-order valence-corrected chi connectivity index (χ4v) is 1.82. The molecule has 0 amide bonds. The van der Waals surface area contributed by atoms with E-state index in [4.69, 9.17) is 11.6 Å². The number of rotatable bonds is 2. The molecule has 0 aliphatic heterocycles. The molecular formula is C9H4ClF3N2O3S. The summed E-state index contributed by atoms with van der Waals surface area (Å²) in [4.78, 5) is 7.49. The molecule has 102 valence electrons. The zero-order valence-electron chi connectivity index (χ0n) is 8.85. The van der Waals surface area contributed by atoms with E-state index in [0.717, 1.165) is 12.3 Å². The first-order valence-electron chi connectivity index (χ1n) is 4.63. The van der Waals surface area contributed by atoms with Crippen LogP contribution >= 0.6 is 11.6 Å². The molecule has 0 radical (unpaired) electrons. The minimum Gasteiger partial charge on any atom is -0.374 e. The summed E-state index contributed by atoms with van der Waals surface area (Å²) < 4.78 is 62.5. The second kappa shape index (κ2) is 4.49. The summed E-state index contributed by atoms with van der Waals surface area (Å²) in [7, 11) is -5.77. The Hall–Kier alpha value is -1.61. The molecular weight excluding hydrogens is 309 g/mol. The van der Waals surface area contributed by atoms with Gasteiger partial charge in [0, 0.05) is 12.3 Å². The molecule has 0 saturated heterocycles. The van der Waals surface area contributed by atoms with Crippen LogP contribution in [-0.4, -0.2) is 23.9 Å². The van der Waals surface area contributed by atoms with E-state index in [1.165, 1.54) is 12.1 Å². The van der Waals surface area contributed by atoms with E-state index in [1.54, 1.807) is 0 Å². The van der Waals surface area contributed by atoms with Crippen LogP contribution in [0.3, 0.4) is 0 Å². The van der Waals surface area contributed by atoms with Crippen molar-refractivity contribution in [3.05, 3.63) is 29.5 Å². The van der Waals surface area contributed by atoms with Crippen molar-refractivity contribution in [2.24, 2.45) is 0 Å². The quantitative estimate of drug-likeness (QED) is 0.484. The highest BCUT2D eigenvalue weighted by atomic mass is 35.5. The maximum atomic E-state index is 12.2. The Balaban J connectivity index is 2.56. The molecule has 0 spiro atoms. The molecule has 0 N–H and O–H groups in total. The van der Waals surface area contributed by atoms with E-state index in [0.29, 0.717) is 0 Å². The molecule has 10 heteroatoms. The number of aromatic nitrogens is 2. The highest BCUT2D eigenvalue weighted by molar-refractivity contribution is 7.88. The smallest absolute Gasteiger partial charge is 0.374 e. The first kappa shape index (κ1) is 13.8. The van der Waals surface area contributed by atoms with Crippen molar-refractivity contribution in [1.82, 2.24) is 9.97 Å². The molecule has 2 rings (SSSR count). The van der Waals surface area contributed by atoms with Crippen LogP contribution in [-0.2, 0) is 10.1 Å². The SMILES string of the molecule is O=S(=O)(Oc1ccnc2ccc(Cl)nc12)C(F)(F)F. The third-order valence-corrected chi connectivity index (χ3v) is 3.17. The van der Waals surface area contributed by atoms with E-state index >= 15 is 0 Å². The normalized spacial score (nSPS) is 12.6. The predicted octanol–water partition coefficient (Wildman–Crippen LogP) is 2.51. The van der Waals surface area contributed by atoms with Gasteiger partial charge in [0.25, 0.3) is 0 Å². The molecule has 0 saturated carbocycles. The second-order valence-electron chi connectivity index (χ2n) is 3.29. The lowest BCUT2D eigenvalue weighted by Gasteiger charge is -2.10. The van der Waals surface area contributed by atoms with Crippen molar-refractivity contribution in [2.75, 3.05) is 0 Å². The zero-order chi connectivity index (χ0) is 14.3. The summed E-state index contributed by atoms with van der Waals surface area (Å²) in [5.41, 5.74) is -5.55. The molecule has 19 heavy (non-hydrogen) atoms. The molecule has 0 aromatic carbocycles. The maximum absolute atomic E-state index is 12.2. The number of halogens is 4. The van der Waals surface area contributed by atoms with Crippen LogP contribution in [0.25, 0.3) is 11.0 Å². The largest absolute Gasteiger partial charge is 0.534 e. The van der Waals surface area contributed by atoms with Crippen LogP contribution in [0.4, 0.5) is 13.2 Å². The Morgan fingerprint density at radius 3 is 2.53 bits per heavy atom. The van der Waals surface area contributed by atoms with Gasteiger partial charge >= 0.3 is 15.6 Å². The van der Waals surface area contributed by atoms with E-state index in [1.807, 2.05) is 0 Å². The van der Waals surface area contributed by atoms with Gasteiger partial charge in [-0.1, -0.05) is 11.6 Å². The molecule has 0 aliphatic carbocycles. The van der Waals surface area contributed by atoms with Gasteiger partial charge in [0.05, 0.1) is 5.52 Å². The van der Waals surface area contributed by atoms with Crippen molar-refractivity contribution in [1.29, 1.82) is 0 Å². The number of nitrogens with zero attached hydrogens (tertiary/aromatic N) is 2. The summed E-state index contributed by atoms with van der Waals surface area (Å²) in [5, 5.41) is -0.0326. The number of hydrogen-bond acceptors (Lipinski definition) is 5. The topological polar surface area (TPSA) is 69.2 Å². The van der Waals surface area contributed by atoms with Gasteiger partial charge in [0.1, 0.15) is 10.7 Å². The molecule has 2 aromatic rings. The lowest BCUT2D eigenvalue weighted by atomic mass is 10.3. The van der Waals surface area contributed by atoms with Crippen molar-refractivity contribution in [3.63, 3.8) is 0 Å². The monoisotopic (exact) mass is 312 g/mol. The average molecular weight is 313 g/mol. The Kier molecular flexibility index (Phi) is 3.27. The first-order valence-corrected chi connectivity index (χ1v) is 6.41. The van der Waals surface area contributed by atoms with Gasteiger partial charge in [0.15, 0.2) is 5.75 Å². The van der Waals surface area contributed by atoms with Gasteiger partial charge in [-0.3, -0.25) is 4.98 Å². The summed E-state index contributed by atoms with van der Waals surface area (Å²) in [6, 6.07) is 3.69. The Morgan fingerprint density at radius 1 is 1.21 bits per heavy atom. The van der Waals surface area contributed by atoms with Gasteiger partial charge in [-0.15, -0.1) is 0 Å². The number of hydrogen-bond donors (Lipinski definition) is 0. The standard InChI is InChI=1S/C9H4ClF3N2O3S/c10-7-2-1-5-8(15-7)6(3-4-14-5)18-19(16,17)9(11,12)13/h1-4H. The fraction of sp³-hybridized carbons (Fsp3) is 0.111. The molecule has 0 atom stereocenters. The van der Waals surface area contributed by atoms with E-state index in [-0.39, 0.29) is 16.2 Å². The minimum atomic E-state index is -5.77. The highest BCUT2D eigenvalue weighted by Gasteiger charge is 2.48. The maximum Gasteiger partial charge on any atom is 0.534 e. The van der Waals surface area contributed by atoms with E-state index in [9.17, 15) is 21.6 Å². The lowest BCUT2D eigenvalue weighted by molar-refractivity contribution is -0.0499. The summed E-state index contributed by atoms with van der Waals surface area (Å²) >= 11 is 5.59. The number of alkyl halides is 3. The third-order valence-electron chi connectivity index (χ3n) is 2.00. The Labute approximate surface area is 110 Å². The molecule has 0 aliphatic rings. The summed E-state index contributed by atoms with van der Waals surface area (Å²) in [6.45, 7) is 0. The molecule has 5 nitrogen and oxygen atoms in total. The van der Waals surface area contributed by atoms with Crippen LogP contribution in [0, 0.1) is 0 Å². The molecule has 0 fully saturated rings. The van der Waals surface area contributed by atoms with E-state index in [2.05, 4.69) is 14.2 Å². The van der Waals surface area contributed by atoms with Gasteiger partial charge < -0.3 is 4.18 Å². The first-order chi connectivity index (χ1) is 8.71. The zero-order valence-corrected chi connectivity index (χ0v) is 10.4. The van der Waals surface area contributed by atoms with Crippen LogP contribution in [0.5, 0.6) is 5.75 Å². The Bertz CT molecular complexity index is 733. The van der Waals surface area contributed by atoms with E-state index < -0.39 is 21.4 Å². The van der Waals surface area contributed by atoms with Gasteiger partial charge in [-0.05, 0) is 12.1 Å². The van der Waals surface area contributed by atoms with Crippen molar-refractivity contribution < 1.29 is 25.8 Å². The van der Waals surface area contributed by atoms with Crippen LogP contribution < -0.4 is 4.18 Å². The molecule has 2 heterocycles. The van der Waals surface area contributed by atoms with Gasteiger partial charge in [0.2, 0.25) is 0 Å². The van der Waals surface area contributed by atoms with Crippen LogP contribution in [0.2, 0.25) is 5.15 Å². The highest BCUT2D eigenvalue weighted by Crippen LogP contribution is 2.30. The van der Waals surface area contributed by atoms with Gasteiger partial charge in [-0.2, -0.15) is 21.6 Å². The summed E-state index contributed by atoms with van der Waals surface area (Å²) in [5.74, 6) is -0.593. The van der Waals surface area contributed by atoms with Crippen molar-refractivity contribution in [3.8, 4) is 5.75 Å². The molecule has 0 bridgehead atoms. The lowest BCUT2D eigenvalue weighted by Crippen LogP contribution is -2.28. The molecule has 0 unspecified atom stereocenters. The average Bonchev–Trinajstić information content (AvgIpc) is 2.28. The summed E-state index contributed by atoms with van der Waals surface area (Å²) in [6.07, 6.45) is 1.10. The van der Waals surface area contributed by atoms with Crippen LogP contribution in [0.15, 0.2) is 24.4 Å². The Morgan fingerprint density at radius 2 is 1.89 bits per heavy atom. The second-order valence-corrected chi connectivity index (χ2v) is 5.22. The number of pyridine rings is 2. The number of fused-ring (bicyclic) bond motifs is 1. The van der Waals surface area contributed by atoms with Gasteiger partial charge in [-0.25, -0.2) is 4.98 Å². The van der Waals surface area contributed by atoms with Crippen LogP contribution in [0.1, 0.15) is 0 Å².